The first-order valence-corrected chi connectivity index (χ1v) is 9.23. The fourth-order valence-corrected chi connectivity index (χ4v) is 4.05. The summed E-state index contributed by atoms with van der Waals surface area (Å²) in [5.74, 6) is 0. The number of benzene rings is 1. The molecule has 2 atom stereocenters. The number of nitrogens with zero attached hydrogens (tertiary/aromatic N) is 4. The zero-order valence-corrected chi connectivity index (χ0v) is 15.6. The van der Waals surface area contributed by atoms with E-state index in [0.29, 0.717) is 13.2 Å². The lowest BCUT2D eigenvalue weighted by atomic mass is 9.95. The lowest BCUT2D eigenvalue weighted by Crippen LogP contribution is -2.60. The highest BCUT2D eigenvalue weighted by molar-refractivity contribution is 6.28. The summed E-state index contributed by atoms with van der Waals surface area (Å²) >= 11 is 5.95. The van der Waals surface area contributed by atoms with Gasteiger partial charge in [0.1, 0.15) is 0 Å². The molecule has 2 saturated heterocycles. The van der Waals surface area contributed by atoms with E-state index in [-0.39, 0.29) is 10.8 Å². The SMILES string of the molecule is C=Cc1cc2cnc(Cl)nc2cc1N1CCN(C2(C)COCC2O)CC1. The number of rotatable bonds is 3. The summed E-state index contributed by atoms with van der Waals surface area (Å²) in [5.41, 5.74) is 2.71. The molecule has 3 heterocycles. The molecule has 2 fully saturated rings. The van der Waals surface area contributed by atoms with Gasteiger partial charge >= 0.3 is 0 Å². The molecule has 6 nitrogen and oxygen atoms in total. The minimum absolute atomic E-state index is 0.253. The van der Waals surface area contributed by atoms with Crippen LogP contribution in [0.3, 0.4) is 0 Å². The topological polar surface area (TPSA) is 61.7 Å². The maximum atomic E-state index is 10.3. The van der Waals surface area contributed by atoms with Crippen LogP contribution in [0, 0.1) is 0 Å². The smallest absolute Gasteiger partial charge is 0.222 e. The van der Waals surface area contributed by atoms with Gasteiger partial charge in [-0.15, -0.1) is 0 Å². The lowest BCUT2D eigenvalue weighted by Gasteiger charge is -2.45. The highest BCUT2D eigenvalue weighted by atomic mass is 35.5. The molecule has 0 spiro atoms. The number of fused-ring (bicyclic) bond motifs is 1. The number of aromatic nitrogens is 2. The minimum atomic E-state index is -0.433. The number of hydrogen-bond acceptors (Lipinski definition) is 6. The van der Waals surface area contributed by atoms with Crippen LogP contribution in [0.5, 0.6) is 0 Å². The Hall–Kier alpha value is -1.73. The number of halogens is 1. The molecule has 26 heavy (non-hydrogen) atoms. The summed E-state index contributed by atoms with van der Waals surface area (Å²) in [5, 5.41) is 11.5. The molecule has 138 valence electrons. The van der Waals surface area contributed by atoms with Crippen molar-refractivity contribution >= 4 is 34.3 Å². The molecule has 0 amide bonds. The van der Waals surface area contributed by atoms with Crippen LogP contribution in [0.1, 0.15) is 12.5 Å². The van der Waals surface area contributed by atoms with E-state index in [0.717, 1.165) is 48.3 Å². The largest absolute Gasteiger partial charge is 0.389 e. The maximum Gasteiger partial charge on any atom is 0.222 e. The van der Waals surface area contributed by atoms with Gasteiger partial charge in [-0.2, -0.15) is 0 Å². The summed E-state index contributed by atoms with van der Waals surface area (Å²) in [6.45, 7) is 10.5. The van der Waals surface area contributed by atoms with E-state index >= 15 is 0 Å². The van der Waals surface area contributed by atoms with Gasteiger partial charge < -0.3 is 14.7 Å². The van der Waals surface area contributed by atoms with Crippen molar-refractivity contribution in [3.05, 3.63) is 35.8 Å². The van der Waals surface area contributed by atoms with Crippen LogP contribution in [-0.2, 0) is 4.74 Å². The van der Waals surface area contributed by atoms with Crippen LogP contribution in [0.25, 0.3) is 17.0 Å². The highest BCUT2D eigenvalue weighted by Crippen LogP contribution is 2.31. The molecule has 0 bridgehead atoms. The molecule has 1 aromatic carbocycles. The molecule has 2 aliphatic heterocycles. The van der Waals surface area contributed by atoms with Gasteiger partial charge in [-0.1, -0.05) is 12.7 Å². The van der Waals surface area contributed by atoms with Crippen LogP contribution in [-0.4, -0.2) is 71.0 Å². The molecule has 1 N–H and O–H groups in total. The van der Waals surface area contributed by atoms with Crippen LogP contribution >= 0.6 is 11.6 Å². The Morgan fingerprint density at radius 2 is 2.12 bits per heavy atom. The van der Waals surface area contributed by atoms with Gasteiger partial charge in [0.2, 0.25) is 5.28 Å². The molecule has 2 aromatic rings. The molecular weight excluding hydrogens is 352 g/mol. The van der Waals surface area contributed by atoms with Gasteiger partial charge in [0.25, 0.3) is 0 Å². The number of hydrogen-bond donors (Lipinski definition) is 1. The third-order valence-corrected chi connectivity index (χ3v) is 5.83. The average molecular weight is 375 g/mol. The highest BCUT2D eigenvalue weighted by Gasteiger charge is 2.44. The van der Waals surface area contributed by atoms with Crippen molar-refractivity contribution in [3.8, 4) is 0 Å². The van der Waals surface area contributed by atoms with E-state index in [9.17, 15) is 5.11 Å². The Balaban J connectivity index is 1.58. The Kier molecular flexibility index (Phi) is 4.61. The molecule has 2 unspecified atom stereocenters. The van der Waals surface area contributed by atoms with Crippen molar-refractivity contribution in [1.82, 2.24) is 14.9 Å². The Morgan fingerprint density at radius 1 is 1.35 bits per heavy atom. The lowest BCUT2D eigenvalue weighted by molar-refractivity contribution is 0.00883. The van der Waals surface area contributed by atoms with Crippen molar-refractivity contribution in [2.24, 2.45) is 0 Å². The number of aliphatic hydroxyl groups excluding tert-OH is 1. The molecule has 0 radical (unpaired) electrons. The van der Waals surface area contributed by atoms with Gasteiger partial charge in [-0.3, -0.25) is 4.90 Å². The first kappa shape index (κ1) is 17.7. The van der Waals surface area contributed by atoms with Crippen molar-refractivity contribution < 1.29 is 9.84 Å². The standard InChI is InChI=1S/C19H23ClN4O2/c1-3-13-8-14-10-21-18(20)22-15(14)9-16(13)23-4-6-24(7-5-23)19(2)12-26-11-17(19)25/h3,8-10,17,25H,1,4-7,11-12H2,2H3. The summed E-state index contributed by atoms with van der Waals surface area (Å²) in [6.07, 6.45) is 3.17. The van der Waals surface area contributed by atoms with Crippen LogP contribution in [0.4, 0.5) is 5.69 Å². The normalized spacial score (nSPS) is 27.2. The number of piperazine rings is 1. The van der Waals surface area contributed by atoms with E-state index in [4.69, 9.17) is 16.3 Å². The van der Waals surface area contributed by atoms with Crippen molar-refractivity contribution in [3.63, 3.8) is 0 Å². The predicted octanol–water partition coefficient (Wildman–Crippen LogP) is 2.20. The zero-order valence-electron chi connectivity index (χ0n) is 14.9. The summed E-state index contributed by atoms with van der Waals surface area (Å²) < 4.78 is 5.49. The monoisotopic (exact) mass is 374 g/mol. The quantitative estimate of drug-likeness (QED) is 0.831. The van der Waals surface area contributed by atoms with Crippen molar-refractivity contribution in [1.29, 1.82) is 0 Å². The second-order valence-electron chi connectivity index (χ2n) is 7.18. The molecule has 0 aliphatic carbocycles. The molecule has 1 aromatic heterocycles. The Bertz CT molecular complexity index is 838. The van der Waals surface area contributed by atoms with E-state index in [1.807, 2.05) is 6.08 Å². The number of ether oxygens (including phenoxy) is 1. The first-order valence-electron chi connectivity index (χ1n) is 8.86. The predicted molar refractivity (Wildman–Crippen MR) is 104 cm³/mol. The van der Waals surface area contributed by atoms with Gasteiger partial charge in [0, 0.05) is 43.4 Å². The van der Waals surface area contributed by atoms with E-state index in [1.54, 1.807) is 6.20 Å². The number of anilines is 1. The van der Waals surface area contributed by atoms with E-state index < -0.39 is 6.10 Å². The minimum Gasteiger partial charge on any atom is -0.389 e. The average Bonchev–Trinajstić information content (AvgIpc) is 3.00. The summed E-state index contributed by atoms with van der Waals surface area (Å²) in [4.78, 5) is 13.1. The molecule has 4 rings (SSSR count). The second kappa shape index (κ2) is 6.78. The van der Waals surface area contributed by atoms with Gasteiger partial charge in [0.05, 0.1) is 30.4 Å². The second-order valence-corrected chi connectivity index (χ2v) is 7.51. The number of aliphatic hydroxyl groups is 1. The maximum absolute atomic E-state index is 10.3. The molecule has 7 heteroatoms. The first-order chi connectivity index (χ1) is 12.5. The third-order valence-electron chi connectivity index (χ3n) is 5.65. The summed E-state index contributed by atoms with van der Waals surface area (Å²) in [7, 11) is 0. The van der Waals surface area contributed by atoms with Crippen LogP contribution in [0.2, 0.25) is 5.28 Å². The van der Waals surface area contributed by atoms with E-state index in [2.05, 4.69) is 45.4 Å². The van der Waals surface area contributed by atoms with Crippen molar-refractivity contribution in [2.75, 3.05) is 44.3 Å². The molecule has 2 aliphatic rings. The zero-order chi connectivity index (χ0) is 18.3. The molecular formula is C19H23ClN4O2. The third kappa shape index (κ3) is 2.97. The Morgan fingerprint density at radius 3 is 2.77 bits per heavy atom. The van der Waals surface area contributed by atoms with E-state index in [1.165, 1.54) is 0 Å². The van der Waals surface area contributed by atoms with Gasteiger partial charge in [0.15, 0.2) is 0 Å². The van der Waals surface area contributed by atoms with Crippen LogP contribution in [0.15, 0.2) is 24.9 Å². The fourth-order valence-electron chi connectivity index (χ4n) is 3.91. The fraction of sp³-hybridized carbons (Fsp3) is 0.474. The molecule has 0 saturated carbocycles. The van der Waals surface area contributed by atoms with Gasteiger partial charge in [-0.05, 0) is 36.2 Å². The van der Waals surface area contributed by atoms with Gasteiger partial charge in [-0.25, -0.2) is 9.97 Å². The van der Waals surface area contributed by atoms with Crippen LogP contribution < -0.4 is 4.90 Å². The van der Waals surface area contributed by atoms with Crippen molar-refractivity contribution in [2.45, 2.75) is 18.6 Å². The Labute approximate surface area is 158 Å². The summed E-state index contributed by atoms with van der Waals surface area (Å²) in [6, 6.07) is 4.11.